The molecule has 1 saturated heterocycles. The van der Waals surface area contributed by atoms with E-state index in [1.54, 1.807) is 15.9 Å². The summed E-state index contributed by atoms with van der Waals surface area (Å²) in [5, 5.41) is 0.495. The molecule has 2 aliphatic heterocycles. The lowest BCUT2D eigenvalue weighted by atomic mass is 10.1. The molecule has 2 heterocycles. The molecular weight excluding hydrogens is 458 g/mol. The van der Waals surface area contributed by atoms with Gasteiger partial charge in [0, 0.05) is 31.2 Å². The van der Waals surface area contributed by atoms with Gasteiger partial charge in [0.15, 0.2) is 5.75 Å². The number of carbonyl (C=O) groups excluding carboxylic acids is 2. The van der Waals surface area contributed by atoms with Gasteiger partial charge in [0.1, 0.15) is 18.8 Å². The van der Waals surface area contributed by atoms with Crippen molar-refractivity contribution in [2.45, 2.75) is 33.0 Å². The molecule has 2 aromatic carbocycles. The fourth-order valence-corrected chi connectivity index (χ4v) is 4.16. The van der Waals surface area contributed by atoms with Crippen molar-refractivity contribution < 1.29 is 23.8 Å². The van der Waals surface area contributed by atoms with Crippen LogP contribution in [-0.4, -0.2) is 62.0 Å². The van der Waals surface area contributed by atoms with Crippen molar-refractivity contribution in [2.24, 2.45) is 0 Å². The van der Waals surface area contributed by atoms with Gasteiger partial charge >= 0.3 is 12.2 Å². The van der Waals surface area contributed by atoms with Gasteiger partial charge in [-0.05, 0) is 38.5 Å². The van der Waals surface area contributed by atoms with Gasteiger partial charge in [-0.15, -0.1) is 0 Å². The number of rotatable bonds is 3. The summed E-state index contributed by atoms with van der Waals surface area (Å²) in [6.07, 6.45) is -0.764. The van der Waals surface area contributed by atoms with E-state index in [-0.39, 0.29) is 12.7 Å². The molecule has 2 amide bonds. The Balaban J connectivity index is 1.47. The summed E-state index contributed by atoms with van der Waals surface area (Å²) in [5.74, 6) is 0.595. The third kappa shape index (κ3) is 5.67. The standard InChI is InChI=1S/C25H30ClN3O5/c1-25(2,3)34-23(30)28-11-9-27(10-12-28)20-15-19(26)16-21-22(20)32-14-13-29(21)24(31)33-17-18-7-5-4-6-8-18/h4-8,15-16H,9-14,17H2,1-3H3. The molecule has 0 atom stereocenters. The summed E-state index contributed by atoms with van der Waals surface area (Å²) in [6.45, 7) is 8.67. The highest BCUT2D eigenvalue weighted by Gasteiger charge is 2.32. The molecule has 0 unspecified atom stereocenters. The van der Waals surface area contributed by atoms with Crippen LogP contribution in [-0.2, 0) is 16.1 Å². The normalized spacial score (nSPS) is 15.9. The molecule has 1 fully saturated rings. The van der Waals surface area contributed by atoms with Gasteiger partial charge in [-0.1, -0.05) is 41.9 Å². The van der Waals surface area contributed by atoms with E-state index in [1.807, 2.05) is 57.2 Å². The SMILES string of the molecule is CC(C)(C)OC(=O)N1CCN(c2cc(Cl)cc3c2OCCN3C(=O)OCc2ccccc2)CC1. The van der Waals surface area contributed by atoms with Crippen molar-refractivity contribution in [1.29, 1.82) is 0 Å². The Kier molecular flexibility index (Phi) is 7.07. The van der Waals surface area contributed by atoms with Crippen LogP contribution in [0.15, 0.2) is 42.5 Å². The largest absolute Gasteiger partial charge is 0.487 e. The molecule has 0 radical (unpaired) electrons. The summed E-state index contributed by atoms with van der Waals surface area (Å²) in [5.41, 5.74) is 1.76. The third-order valence-corrected chi connectivity index (χ3v) is 5.78. The highest BCUT2D eigenvalue weighted by Crippen LogP contribution is 2.43. The minimum atomic E-state index is -0.535. The molecule has 4 rings (SSSR count). The second-order valence-corrected chi connectivity index (χ2v) is 9.70. The highest BCUT2D eigenvalue weighted by atomic mass is 35.5. The molecule has 0 spiro atoms. The molecule has 8 nitrogen and oxygen atoms in total. The molecule has 2 aliphatic rings. The van der Waals surface area contributed by atoms with Gasteiger partial charge in [-0.3, -0.25) is 4.90 Å². The number of amides is 2. The van der Waals surface area contributed by atoms with E-state index in [0.29, 0.717) is 55.8 Å². The van der Waals surface area contributed by atoms with Crippen molar-refractivity contribution in [3.05, 3.63) is 53.1 Å². The summed E-state index contributed by atoms with van der Waals surface area (Å²) < 4.78 is 17.0. The van der Waals surface area contributed by atoms with Gasteiger partial charge in [0.2, 0.25) is 0 Å². The maximum atomic E-state index is 12.9. The number of benzene rings is 2. The first-order valence-electron chi connectivity index (χ1n) is 11.4. The second-order valence-electron chi connectivity index (χ2n) is 9.27. The number of halogens is 1. The minimum Gasteiger partial charge on any atom is -0.487 e. The predicted molar refractivity (Wildman–Crippen MR) is 131 cm³/mol. The Morgan fingerprint density at radius 3 is 2.32 bits per heavy atom. The number of carbonyl (C=O) groups is 2. The summed E-state index contributed by atoms with van der Waals surface area (Å²) in [7, 11) is 0. The topological polar surface area (TPSA) is 71.6 Å². The van der Waals surface area contributed by atoms with E-state index in [9.17, 15) is 9.59 Å². The van der Waals surface area contributed by atoms with Crippen LogP contribution in [0.5, 0.6) is 5.75 Å². The monoisotopic (exact) mass is 487 g/mol. The number of piperazine rings is 1. The summed E-state index contributed by atoms with van der Waals surface area (Å²) in [4.78, 5) is 30.7. The van der Waals surface area contributed by atoms with E-state index < -0.39 is 11.7 Å². The Morgan fingerprint density at radius 2 is 1.65 bits per heavy atom. The lowest BCUT2D eigenvalue weighted by Crippen LogP contribution is -2.50. The molecular formula is C25H30ClN3O5. The van der Waals surface area contributed by atoms with E-state index in [2.05, 4.69) is 4.90 Å². The highest BCUT2D eigenvalue weighted by molar-refractivity contribution is 6.31. The first-order chi connectivity index (χ1) is 16.2. The molecule has 2 aromatic rings. The average molecular weight is 488 g/mol. The van der Waals surface area contributed by atoms with E-state index in [0.717, 1.165) is 11.3 Å². The Hall–Kier alpha value is -3.13. The quantitative estimate of drug-likeness (QED) is 0.611. The smallest absolute Gasteiger partial charge is 0.414 e. The van der Waals surface area contributed by atoms with Gasteiger partial charge in [0.25, 0.3) is 0 Å². The number of hydrogen-bond acceptors (Lipinski definition) is 6. The number of fused-ring (bicyclic) bond motifs is 1. The van der Waals surface area contributed by atoms with Crippen LogP contribution >= 0.6 is 11.6 Å². The van der Waals surface area contributed by atoms with Crippen LogP contribution in [0.3, 0.4) is 0 Å². The lowest BCUT2D eigenvalue weighted by molar-refractivity contribution is 0.0240. The van der Waals surface area contributed by atoms with Crippen LogP contribution in [0.25, 0.3) is 0 Å². The van der Waals surface area contributed by atoms with Crippen molar-refractivity contribution in [1.82, 2.24) is 4.90 Å². The van der Waals surface area contributed by atoms with Crippen molar-refractivity contribution in [3.8, 4) is 5.75 Å². The zero-order valence-corrected chi connectivity index (χ0v) is 20.5. The third-order valence-electron chi connectivity index (χ3n) is 5.56. The molecule has 182 valence electrons. The fourth-order valence-electron chi connectivity index (χ4n) is 3.95. The van der Waals surface area contributed by atoms with E-state index >= 15 is 0 Å². The first kappa shape index (κ1) is 24.0. The number of ether oxygens (including phenoxy) is 3. The van der Waals surface area contributed by atoms with Crippen LogP contribution in [0.2, 0.25) is 5.02 Å². The molecule has 9 heteroatoms. The molecule has 34 heavy (non-hydrogen) atoms. The van der Waals surface area contributed by atoms with Gasteiger partial charge < -0.3 is 24.0 Å². The Bertz CT molecular complexity index is 1030. The molecule has 0 saturated carbocycles. The predicted octanol–water partition coefficient (Wildman–Crippen LogP) is 4.93. The maximum absolute atomic E-state index is 12.9. The number of hydrogen-bond donors (Lipinski definition) is 0. The van der Waals surface area contributed by atoms with Gasteiger partial charge in [0.05, 0.1) is 17.9 Å². The average Bonchev–Trinajstić information content (AvgIpc) is 2.81. The second kappa shape index (κ2) is 10.0. The van der Waals surface area contributed by atoms with Gasteiger partial charge in [-0.2, -0.15) is 0 Å². The Morgan fingerprint density at radius 1 is 0.971 bits per heavy atom. The van der Waals surface area contributed by atoms with Crippen LogP contribution in [0.1, 0.15) is 26.3 Å². The minimum absolute atomic E-state index is 0.187. The molecule has 0 aromatic heterocycles. The Labute approximate surface area is 204 Å². The van der Waals surface area contributed by atoms with Crippen LogP contribution < -0.4 is 14.5 Å². The molecule has 0 N–H and O–H groups in total. The maximum Gasteiger partial charge on any atom is 0.414 e. The molecule has 0 bridgehead atoms. The summed E-state index contributed by atoms with van der Waals surface area (Å²) in [6, 6.07) is 13.1. The zero-order valence-electron chi connectivity index (χ0n) is 19.8. The van der Waals surface area contributed by atoms with E-state index in [1.165, 1.54) is 0 Å². The number of nitrogens with zero attached hydrogens (tertiary/aromatic N) is 3. The van der Waals surface area contributed by atoms with Crippen molar-refractivity contribution in [3.63, 3.8) is 0 Å². The number of anilines is 2. The first-order valence-corrected chi connectivity index (χ1v) is 11.8. The van der Waals surface area contributed by atoms with Crippen molar-refractivity contribution in [2.75, 3.05) is 49.1 Å². The lowest BCUT2D eigenvalue weighted by Gasteiger charge is -2.39. The zero-order chi connectivity index (χ0) is 24.3. The van der Waals surface area contributed by atoms with Crippen LogP contribution in [0, 0.1) is 0 Å². The van der Waals surface area contributed by atoms with Gasteiger partial charge in [-0.25, -0.2) is 9.59 Å². The fraction of sp³-hybridized carbons (Fsp3) is 0.440. The van der Waals surface area contributed by atoms with Crippen LogP contribution in [0.4, 0.5) is 21.0 Å². The summed E-state index contributed by atoms with van der Waals surface area (Å²) >= 11 is 6.45. The molecule has 0 aliphatic carbocycles. The van der Waals surface area contributed by atoms with E-state index in [4.69, 9.17) is 25.8 Å². The van der Waals surface area contributed by atoms with Crippen molar-refractivity contribution >= 4 is 35.2 Å².